The summed E-state index contributed by atoms with van der Waals surface area (Å²) in [5.74, 6) is 0. The third kappa shape index (κ3) is 2.81. The number of aromatic nitrogens is 3. The molecular weight excluding hydrogens is 291 g/mol. The number of hydrogen-bond donors (Lipinski definition) is 0. The van der Waals surface area contributed by atoms with Gasteiger partial charge < -0.3 is 0 Å². The van der Waals surface area contributed by atoms with Gasteiger partial charge in [0.15, 0.2) is 5.65 Å². The fourth-order valence-corrected chi connectivity index (χ4v) is 2.32. The van der Waals surface area contributed by atoms with E-state index in [9.17, 15) is 13.2 Å². The molecule has 0 N–H and O–H groups in total. The highest BCUT2D eigenvalue weighted by Gasteiger charge is 2.30. The minimum atomic E-state index is -4.36. The molecule has 2 aromatic heterocycles. The maximum atomic E-state index is 12.8. The van der Waals surface area contributed by atoms with Crippen molar-refractivity contribution in [2.75, 3.05) is 0 Å². The molecule has 0 aliphatic carbocycles. The van der Waals surface area contributed by atoms with Gasteiger partial charge in [-0.15, -0.1) is 0 Å². The Hall–Kier alpha value is -2.37. The maximum absolute atomic E-state index is 12.8. The largest absolute Gasteiger partial charge is 0.416 e. The highest BCUT2D eigenvalue weighted by atomic mass is 19.4. The van der Waals surface area contributed by atoms with E-state index in [4.69, 9.17) is 0 Å². The molecule has 6 heteroatoms. The van der Waals surface area contributed by atoms with E-state index in [0.29, 0.717) is 16.9 Å². The first-order valence-electron chi connectivity index (χ1n) is 7.00. The summed E-state index contributed by atoms with van der Waals surface area (Å²) < 4.78 is 40.0. The second kappa shape index (κ2) is 5.44. The minimum Gasteiger partial charge on any atom is -0.232 e. The van der Waals surface area contributed by atoms with Crippen LogP contribution < -0.4 is 0 Å². The van der Waals surface area contributed by atoms with Crippen LogP contribution in [0, 0.1) is 0 Å². The van der Waals surface area contributed by atoms with Crippen molar-refractivity contribution in [3.63, 3.8) is 0 Å². The molecule has 0 bridgehead atoms. The van der Waals surface area contributed by atoms with Crippen molar-refractivity contribution in [1.29, 1.82) is 0 Å². The van der Waals surface area contributed by atoms with Crippen LogP contribution in [-0.2, 0) is 12.6 Å². The van der Waals surface area contributed by atoms with Crippen LogP contribution in [0.25, 0.3) is 16.9 Å². The van der Waals surface area contributed by atoms with Crippen molar-refractivity contribution in [2.45, 2.75) is 25.9 Å². The number of benzene rings is 1. The maximum Gasteiger partial charge on any atom is 0.416 e. The summed E-state index contributed by atoms with van der Waals surface area (Å²) in [7, 11) is 0. The van der Waals surface area contributed by atoms with Gasteiger partial charge in [-0.2, -0.15) is 18.3 Å². The molecule has 0 aliphatic heterocycles. The lowest BCUT2D eigenvalue weighted by Crippen LogP contribution is -2.04. The smallest absolute Gasteiger partial charge is 0.232 e. The quantitative estimate of drug-likeness (QED) is 0.719. The Morgan fingerprint density at radius 2 is 1.95 bits per heavy atom. The minimum absolute atomic E-state index is 0.433. The van der Waals surface area contributed by atoms with Crippen molar-refractivity contribution in [1.82, 2.24) is 14.6 Å². The van der Waals surface area contributed by atoms with Gasteiger partial charge in [-0.25, -0.2) is 9.50 Å². The predicted molar refractivity (Wildman–Crippen MR) is 77.4 cm³/mol. The van der Waals surface area contributed by atoms with Crippen LogP contribution in [0.4, 0.5) is 13.2 Å². The van der Waals surface area contributed by atoms with Gasteiger partial charge in [0, 0.05) is 5.56 Å². The first kappa shape index (κ1) is 14.6. The standard InChI is InChI=1S/C16H14F3N3/c1-2-4-13-10-22-15(20-13)8-7-14(21-22)11-5-3-6-12(9-11)16(17,18)19/h3,5-10H,2,4H2,1H3. The van der Waals surface area contributed by atoms with Gasteiger partial charge >= 0.3 is 6.18 Å². The van der Waals surface area contributed by atoms with E-state index in [-0.39, 0.29) is 0 Å². The second-order valence-corrected chi connectivity index (χ2v) is 5.08. The Bertz CT molecular complexity index is 806. The van der Waals surface area contributed by atoms with Gasteiger partial charge in [0.1, 0.15) is 0 Å². The van der Waals surface area contributed by atoms with Crippen molar-refractivity contribution >= 4 is 5.65 Å². The molecule has 0 fully saturated rings. The van der Waals surface area contributed by atoms with Crippen LogP contribution in [-0.4, -0.2) is 14.6 Å². The number of rotatable bonds is 3. The van der Waals surface area contributed by atoms with Crippen LogP contribution in [0.2, 0.25) is 0 Å². The van der Waals surface area contributed by atoms with Crippen molar-refractivity contribution in [3.8, 4) is 11.3 Å². The van der Waals surface area contributed by atoms with E-state index in [2.05, 4.69) is 17.0 Å². The third-order valence-electron chi connectivity index (χ3n) is 3.36. The summed E-state index contributed by atoms with van der Waals surface area (Å²) in [6.07, 6.45) is -0.716. The van der Waals surface area contributed by atoms with Crippen LogP contribution in [0.1, 0.15) is 24.6 Å². The van der Waals surface area contributed by atoms with Crippen molar-refractivity contribution in [2.24, 2.45) is 0 Å². The lowest BCUT2D eigenvalue weighted by molar-refractivity contribution is -0.137. The van der Waals surface area contributed by atoms with E-state index in [1.165, 1.54) is 6.07 Å². The highest BCUT2D eigenvalue weighted by Crippen LogP contribution is 2.31. The predicted octanol–water partition coefficient (Wildman–Crippen LogP) is 4.37. The molecule has 0 atom stereocenters. The lowest BCUT2D eigenvalue weighted by Gasteiger charge is -2.08. The Morgan fingerprint density at radius 1 is 1.14 bits per heavy atom. The second-order valence-electron chi connectivity index (χ2n) is 5.08. The van der Waals surface area contributed by atoms with Crippen LogP contribution in [0.5, 0.6) is 0 Å². The molecule has 0 aliphatic rings. The summed E-state index contributed by atoms with van der Waals surface area (Å²) in [4.78, 5) is 4.41. The summed E-state index contributed by atoms with van der Waals surface area (Å²) in [5, 5.41) is 4.36. The molecular formula is C16H14F3N3. The fourth-order valence-electron chi connectivity index (χ4n) is 2.32. The molecule has 0 unspecified atom stereocenters. The topological polar surface area (TPSA) is 30.2 Å². The molecule has 0 spiro atoms. The summed E-state index contributed by atoms with van der Waals surface area (Å²) in [6, 6.07) is 8.62. The molecule has 0 amide bonds. The SMILES string of the molecule is CCCc1cn2nc(-c3cccc(C(F)(F)F)c3)ccc2n1. The van der Waals surface area contributed by atoms with Crippen LogP contribution in [0.15, 0.2) is 42.6 Å². The summed E-state index contributed by atoms with van der Waals surface area (Å²) in [6.45, 7) is 2.06. The number of hydrogen-bond acceptors (Lipinski definition) is 2. The number of halogens is 3. The van der Waals surface area contributed by atoms with E-state index in [1.807, 2.05) is 6.20 Å². The van der Waals surface area contributed by atoms with Gasteiger partial charge in [-0.05, 0) is 30.7 Å². The first-order chi connectivity index (χ1) is 10.5. The lowest BCUT2D eigenvalue weighted by atomic mass is 10.1. The van der Waals surface area contributed by atoms with Gasteiger partial charge in [-0.1, -0.05) is 25.5 Å². The normalized spacial score (nSPS) is 12.0. The molecule has 2 heterocycles. The zero-order valence-electron chi connectivity index (χ0n) is 11.9. The zero-order chi connectivity index (χ0) is 15.7. The van der Waals surface area contributed by atoms with Crippen LogP contribution >= 0.6 is 0 Å². The molecule has 0 radical (unpaired) electrons. The average molecular weight is 305 g/mol. The van der Waals surface area contributed by atoms with Gasteiger partial charge in [0.05, 0.1) is 23.1 Å². The monoisotopic (exact) mass is 305 g/mol. The van der Waals surface area contributed by atoms with Gasteiger partial charge in [0.25, 0.3) is 0 Å². The first-order valence-corrected chi connectivity index (χ1v) is 7.00. The Morgan fingerprint density at radius 3 is 2.68 bits per heavy atom. The number of alkyl halides is 3. The fraction of sp³-hybridized carbons (Fsp3) is 0.250. The molecule has 114 valence electrons. The Kier molecular flexibility index (Phi) is 3.60. The molecule has 0 saturated carbocycles. The molecule has 0 saturated heterocycles. The Labute approximate surface area is 125 Å². The van der Waals surface area contributed by atoms with Crippen molar-refractivity contribution in [3.05, 3.63) is 53.9 Å². The number of aryl methyl sites for hydroxylation is 1. The average Bonchev–Trinajstić information content (AvgIpc) is 2.88. The number of nitrogens with zero attached hydrogens (tertiary/aromatic N) is 3. The van der Waals surface area contributed by atoms with E-state index >= 15 is 0 Å². The Balaban J connectivity index is 2.03. The van der Waals surface area contributed by atoms with Crippen LogP contribution in [0.3, 0.4) is 0 Å². The molecule has 3 rings (SSSR count). The highest BCUT2D eigenvalue weighted by molar-refractivity contribution is 5.61. The number of fused-ring (bicyclic) bond motifs is 1. The van der Waals surface area contributed by atoms with Gasteiger partial charge in [0.2, 0.25) is 0 Å². The molecule has 3 aromatic rings. The molecule has 22 heavy (non-hydrogen) atoms. The third-order valence-corrected chi connectivity index (χ3v) is 3.36. The van der Waals surface area contributed by atoms with E-state index in [0.717, 1.165) is 30.7 Å². The summed E-state index contributed by atoms with van der Waals surface area (Å²) >= 11 is 0. The van der Waals surface area contributed by atoms with Gasteiger partial charge in [-0.3, -0.25) is 0 Å². The molecule has 1 aromatic carbocycles. The summed E-state index contributed by atoms with van der Waals surface area (Å²) in [5.41, 5.74) is 1.86. The molecule has 3 nitrogen and oxygen atoms in total. The zero-order valence-corrected chi connectivity index (χ0v) is 11.9. The van der Waals surface area contributed by atoms with E-state index in [1.54, 1.807) is 22.7 Å². The number of imidazole rings is 1. The van der Waals surface area contributed by atoms with E-state index < -0.39 is 11.7 Å². The van der Waals surface area contributed by atoms with Crippen molar-refractivity contribution < 1.29 is 13.2 Å².